The van der Waals surface area contributed by atoms with Crippen molar-refractivity contribution in [2.75, 3.05) is 0 Å². The third-order valence-electron chi connectivity index (χ3n) is 4.81. The first-order valence-corrected chi connectivity index (χ1v) is 8.61. The Bertz CT molecular complexity index is 465. The van der Waals surface area contributed by atoms with Crippen LogP contribution in [0.3, 0.4) is 0 Å². The average Bonchev–Trinajstić information content (AvgIpc) is 3.09. The van der Waals surface area contributed by atoms with Crippen LogP contribution < -0.4 is 0 Å². The zero-order chi connectivity index (χ0) is 16.0. The maximum absolute atomic E-state index is 12.8. The molecule has 2 unspecified atom stereocenters. The van der Waals surface area contributed by atoms with E-state index in [1.54, 1.807) is 0 Å². The van der Waals surface area contributed by atoms with E-state index in [9.17, 15) is 9.90 Å². The predicted molar refractivity (Wildman–Crippen MR) is 87.4 cm³/mol. The van der Waals surface area contributed by atoms with Gasteiger partial charge in [-0.3, -0.25) is 0 Å². The lowest BCUT2D eigenvalue weighted by Gasteiger charge is -2.33. The summed E-state index contributed by atoms with van der Waals surface area (Å²) in [5.41, 5.74) is -0.836. The molecule has 3 nitrogen and oxygen atoms in total. The van der Waals surface area contributed by atoms with E-state index in [-0.39, 0.29) is 12.0 Å². The molecule has 0 saturated heterocycles. The van der Waals surface area contributed by atoms with Gasteiger partial charge >= 0.3 is 5.97 Å². The molecule has 1 N–H and O–H groups in total. The Balaban J connectivity index is 2.26. The zero-order valence-electron chi connectivity index (χ0n) is 13.8. The molecule has 0 heterocycles. The van der Waals surface area contributed by atoms with Crippen LogP contribution in [-0.2, 0) is 15.1 Å². The van der Waals surface area contributed by atoms with Crippen molar-refractivity contribution >= 4 is 5.97 Å². The lowest BCUT2D eigenvalue weighted by Crippen LogP contribution is -2.44. The Kier molecular flexibility index (Phi) is 6.01. The molecule has 1 aromatic carbocycles. The number of hydrogen-bond acceptors (Lipinski definition) is 3. The highest BCUT2D eigenvalue weighted by Crippen LogP contribution is 2.41. The Morgan fingerprint density at radius 3 is 2.45 bits per heavy atom. The molecule has 22 heavy (non-hydrogen) atoms. The Morgan fingerprint density at radius 2 is 1.91 bits per heavy atom. The fraction of sp³-hybridized carbons (Fsp3) is 0.632. The first kappa shape index (κ1) is 17.0. The molecule has 0 amide bonds. The van der Waals surface area contributed by atoms with Crippen LogP contribution in [-0.4, -0.2) is 17.2 Å². The molecular formula is C19H28O3. The summed E-state index contributed by atoms with van der Waals surface area (Å²) in [6.45, 7) is 4.10. The minimum Gasteiger partial charge on any atom is -0.460 e. The van der Waals surface area contributed by atoms with Gasteiger partial charge in [0.1, 0.15) is 6.10 Å². The summed E-state index contributed by atoms with van der Waals surface area (Å²) < 4.78 is 5.68. The van der Waals surface area contributed by atoms with Gasteiger partial charge in [-0.25, -0.2) is 4.79 Å². The van der Waals surface area contributed by atoms with Crippen LogP contribution in [0, 0.1) is 5.92 Å². The molecule has 1 saturated carbocycles. The number of ether oxygens (including phenoxy) is 1. The summed E-state index contributed by atoms with van der Waals surface area (Å²) in [7, 11) is 0. The number of carbonyl (C=O) groups excluding carboxylic acids is 1. The highest BCUT2D eigenvalue weighted by atomic mass is 16.6. The third-order valence-corrected chi connectivity index (χ3v) is 4.81. The van der Waals surface area contributed by atoms with Gasteiger partial charge in [-0.15, -0.1) is 0 Å². The normalized spacial score (nSPS) is 19.6. The molecule has 1 aliphatic rings. The van der Waals surface area contributed by atoms with Crippen LogP contribution in [0.1, 0.15) is 64.4 Å². The van der Waals surface area contributed by atoms with Gasteiger partial charge in [0.15, 0.2) is 5.60 Å². The molecular weight excluding hydrogens is 276 g/mol. The fourth-order valence-electron chi connectivity index (χ4n) is 3.47. The Labute approximate surface area is 133 Å². The molecule has 1 aliphatic carbocycles. The smallest absolute Gasteiger partial charge is 0.343 e. The number of benzene rings is 1. The maximum Gasteiger partial charge on any atom is 0.343 e. The second-order valence-electron chi connectivity index (χ2n) is 6.34. The monoisotopic (exact) mass is 304 g/mol. The van der Waals surface area contributed by atoms with Crippen LogP contribution in [0.25, 0.3) is 0 Å². The van der Waals surface area contributed by atoms with E-state index in [2.05, 4.69) is 6.92 Å². The van der Waals surface area contributed by atoms with E-state index in [4.69, 9.17) is 4.74 Å². The van der Waals surface area contributed by atoms with E-state index < -0.39 is 11.6 Å². The van der Waals surface area contributed by atoms with E-state index >= 15 is 0 Å². The maximum atomic E-state index is 12.8. The van der Waals surface area contributed by atoms with Gasteiger partial charge in [-0.2, -0.15) is 0 Å². The number of esters is 1. The highest BCUT2D eigenvalue weighted by molar-refractivity contribution is 5.81. The fourth-order valence-corrected chi connectivity index (χ4v) is 3.47. The third kappa shape index (κ3) is 3.52. The molecule has 0 radical (unpaired) electrons. The summed E-state index contributed by atoms with van der Waals surface area (Å²) in [5, 5.41) is 11.3. The Morgan fingerprint density at radius 1 is 1.27 bits per heavy atom. The first-order chi connectivity index (χ1) is 10.6. The van der Waals surface area contributed by atoms with Gasteiger partial charge in [0.05, 0.1) is 0 Å². The van der Waals surface area contributed by atoms with Gasteiger partial charge in [0.2, 0.25) is 0 Å². The van der Waals surface area contributed by atoms with Crippen molar-refractivity contribution in [2.24, 2.45) is 5.92 Å². The quantitative estimate of drug-likeness (QED) is 0.768. The second kappa shape index (κ2) is 7.77. The topological polar surface area (TPSA) is 46.5 Å². The average molecular weight is 304 g/mol. The zero-order valence-corrected chi connectivity index (χ0v) is 13.8. The summed E-state index contributed by atoms with van der Waals surface area (Å²) in [6.07, 6.45) is 6.40. The minimum absolute atomic E-state index is 0.0402. The van der Waals surface area contributed by atoms with Crippen LogP contribution in [0.2, 0.25) is 0 Å². The summed E-state index contributed by atoms with van der Waals surface area (Å²) in [4.78, 5) is 12.8. The van der Waals surface area contributed by atoms with Gasteiger partial charge in [0, 0.05) is 5.92 Å². The molecule has 2 atom stereocenters. The molecule has 2 rings (SSSR count). The van der Waals surface area contributed by atoms with Crippen molar-refractivity contribution in [3.8, 4) is 0 Å². The van der Waals surface area contributed by atoms with Gasteiger partial charge in [-0.1, -0.05) is 63.4 Å². The number of rotatable bonds is 7. The molecule has 1 fully saturated rings. The summed E-state index contributed by atoms with van der Waals surface area (Å²) >= 11 is 0. The molecule has 0 aliphatic heterocycles. The van der Waals surface area contributed by atoms with E-state index in [0.717, 1.165) is 44.9 Å². The SMILES string of the molecule is CCCC(CC)OC(=O)C(O)(c1ccccc1)C1CCCC1. The predicted octanol–water partition coefficient (Wildman–Crippen LogP) is 4.19. The molecule has 122 valence electrons. The largest absolute Gasteiger partial charge is 0.460 e. The van der Waals surface area contributed by atoms with E-state index in [1.165, 1.54) is 0 Å². The highest BCUT2D eigenvalue weighted by Gasteiger charge is 2.48. The summed E-state index contributed by atoms with van der Waals surface area (Å²) in [6, 6.07) is 9.30. The van der Waals surface area contributed by atoms with Crippen LogP contribution in [0.15, 0.2) is 30.3 Å². The first-order valence-electron chi connectivity index (χ1n) is 8.61. The standard InChI is InChI=1S/C19H28O3/c1-3-10-17(4-2)22-18(20)19(21,16-13-8-9-14-16)15-11-6-5-7-12-15/h5-7,11-12,16-17,21H,3-4,8-10,13-14H2,1-2H3. The van der Waals surface area contributed by atoms with E-state index in [1.807, 2.05) is 37.3 Å². The molecule has 0 spiro atoms. The number of carbonyl (C=O) groups is 1. The molecule has 3 heteroatoms. The number of aliphatic hydroxyl groups is 1. The second-order valence-corrected chi connectivity index (χ2v) is 6.34. The van der Waals surface area contributed by atoms with Crippen LogP contribution >= 0.6 is 0 Å². The molecule has 1 aromatic rings. The lowest BCUT2D eigenvalue weighted by atomic mass is 9.80. The van der Waals surface area contributed by atoms with E-state index in [0.29, 0.717) is 5.56 Å². The van der Waals surface area contributed by atoms with Crippen molar-refractivity contribution in [3.63, 3.8) is 0 Å². The van der Waals surface area contributed by atoms with Gasteiger partial charge < -0.3 is 9.84 Å². The van der Waals surface area contributed by atoms with Crippen molar-refractivity contribution in [1.29, 1.82) is 0 Å². The van der Waals surface area contributed by atoms with Crippen molar-refractivity contribution in [3.05, 3.63) is 35.9 Å². The van der Waals surface area contributed by atoms with Crippen LogP contribution in [0.5, 0.6) is 0 Å². The van der Waals surface area contributed by atoms with Crippen molar-refractivity contribution in [2.45, 2.75) is 70.5 Å². The number of hydrogen-bond donors (Lipinski definition) is 1. The molecule has 0 bridgehead atoms. The van der Waals surface area contributed by atoms with Gasteiger partial charge in [-0.05, 0) is 31.2 Å². The lowest BCUT2D eigenvalue weighted by molar-refractivity contribution is -0.180. The van der Waals surface area contributed by atoms with Gasteiger partial charge in [0.25, 0.3) is 0 Å². The van der Waals surface area contributed by atoms with Crippen molar-refractivity contribution in [1.82, 2.24) is 0 Å². The summed E-state index contributed by atoms with van der Waals surface area (Å²) in [5.74, 6) is -0.507. The van der Waals surface area contributed by atoms with Crippen molar-refractivity contribution < 1.29 is 14.6 Å². The van der Waals surface area contributed by atoms with Crippen LogP contribution in [0.4, 0.5) is 0 Å². The Hall–Kier alpha value is -1.35. The molecule has 0 aromatic heterocycles. The minimum atomic E-state index is -1.50.